The fourth-order valence-electron chi connectivity index (χ4n) is 5.54. The minimum Gasteiger partial charge on any atom is -0.457 e. The summed E-state index contributed by atoms with van der Waals surface area (Å²) >= 11 is 0. The van der Waals surface area contributed by atoms with Crippen LogP contribution >= 0.6 is 0 Å². The number of para-hydroxylation sites is 1. The van der Waals surface area contributed by atoms with Crippen LogP contribution in [-0.4, -0.2) is 52.5 Å². The predicted molar refractivity (Wildman–Crippen MR) is 181 cm³/mol. The Kier molecular flexibility index (Phi) is 8.84. The number of ether oxygens (including phenoxy) is 1. The van der Waals surface area contributed by atoms with Gasteiger partial charge in [-0.25, -0.2) is 4.79 Å². The summed E-state index contributed by atoms with van der Waals surface area (Å²) in [6, 6.07) is 30.6. The molecule has 1 aromatic heterocycles. The van der Waals surface area contributed by atoms with E-state index in [0.29, 0.717) is 28.4 Å². The van der Waals surface area contributed by atoms with Gasteiger partial charge < -0.3 is 24.8 Å². The molecule has 1 aliphatic rings. The van der Waals surface area contributed by atoms with Crippen molar-refractivity contribution in [2.45, 2.75) is 39.3 Å². The highest BCUT2D eigenvalue weighted by Gasteiger charge is 2.17. The van der Waals surface area contributed by atoms with Crippen LogP contribution in [0.4, 0.5) is 16.2 Å². The van der Waals surface area contributed by atoms with E-state index in [4.69, 9.17) is 4.74 Å². The molecule has 0 bridgehead atoms. The van der Waals surface area contributed by atoms with Gasteiger partial charge in [0.05, 0.1) is 5.52 Å². The third-order valence-electron chi connectivity index (χ3n) is 8.34. The van der Waals surface area contributed by atoms with E-state index in [2.05, 4.69) is 50.6 Å². The third kappa shape index (κ3) is 7.02. The summed E-state index contributed by atoms with van der Waals surface area (Å²) in [5, 5.41) is 7.12. The maximum Gasteiger partial charge on any atom is 0.321 e. The summed E-state index contributed by atoms with van der Waals surface area (Å²) in [6.45, 7) is 7.20. The molecule has 2 heterocycles. The van der Waals surface area contributed by atoms with Crippen LogP contribution in [0.1, 0.15) is 42.6 Å². The summed E-state index contributed by atoms with van der Waals surface area (Å²) in [5.41, 5.74) is 5.47. The van der Waals surface area contributed by atoms with Crippen molar-refractivity contribution in [2.75, 3.05) is 30.8 Å². The van der Waals surface area contributed by atoms with Crippen LogP contribution in [0.3, 0.4) is 0 Å². The lowest BCUT2D eigenvalue weighted by Crippen LogP contribution is -2.36. The topological polar surface area (TPSA) is 78.8 Å². The van der Waals surface area contributed by atoms with E-state index in [-0.39, 0.29) is 18.0 Å². The van der Waals surface area contributed by atoms with Crippen molar-refractivity contribution in [1.29, 1.82) is 0 Å². The number of carbonyl (C=O) groups is 2. The normalized spacial score (nSPS) is 13.2. The van der Waals surface area contributed by atoms with Crippen molar-refractivity contribution in [3.05, 3.63) is 114 Å². The van der Waals surface area contributed by atoms with Crippen LogP contribution in [0.5, 0.6) is 11.5 Å². The molecular formula is C37H39N5O3. The zero-order chi connectivity index (χ0) is 31.3. The van der Waals surface area contributed by atoms with Gasteiger partial charge >= 0.3 is 6.03 Å². The van der Waals surface area contributed by atoms with Gasteiger partial charge in [-0.3, -0.25) is 9.69 Å². The SMILES string of the molecule is CC(C)N(C)C(=O)Nc1ccc(Oc2ccc(NC(=O)c3ccc(-n4cc(CN5CCCC5)c5ccccc54)cc3)cc2)cc1. The van der Waals surface area contributed by atoms with Crippen molar-refractivity contribution in [1.82, 2.24) is 14.4 Å². The van der Waals surface area contributed by atoms with Gasteiger partial charge in [-0.15, -0.1) is 0 Å². The third-order valence-corrected chi connectivity index (χ3v) is 8.34. The number of hydrogen-bond acceptors (Lipinski definition) is 4. The van der Waals surface area contributed by atoms with Crippen molar-refractivity contribution < 1.29 is 14.3 Å². The first-order valence-corrected chi connectivity index (χ1v) is 15.5. The van der Waals surface area contributed by atoms with Crippen LogP contribution in [-0.2, 0) is 6.54 Å². The fourth-order valence-corrected chi connectivity index (χ4v) is 5.54. The molecule has 0 atom stereocenters. The quantitative estimate of drug-likeness (QED) is 0.179. The Labute approximate surface area is 264 Å². The number of likely N-dealkylation sites (tertiary alicyclic amines) is 1. The van der Waals surface area contributed by atoms with Gasteiger partial charge in [0.1, 0.15) is 11.5 Å². The molecule has 1 fully saturated rings. The molecule has 0 saturated carbocycles. The molecule has 2 N–H and O–H groups in total. The Morgan fingerprint density at radius 3 is 2.02 bits per heavy atom. The number of hydrogen-bond donors (Lipinski definition) is 2. The van der Waals surface area contributed by atoms with Gasteiger partial charge in [0.15, 0.2) is 0 Å². The summed E-state index contributed by atoms with van der Waals surface area (Å²) in [5.74, 6) is 1.10. The van der Waals surface area contributed by atoms with E-state index in [1.807, 2.05) is 62.4 Å². The lowest BCUT2D eigenvalue weighted by molar-refractivity contribution is 0.102. The first-order chi connectivity index (χ1) is 21.8. The molecule has 0 radical (unpaired) electrons. The van der Waals surface area contributed by atoms with Gasteiger partial charge in [-0.1, -0.05) is 18.2 Å². The highest BCUT2D eigenvalue weighted by atomic mass is 16.5. The van der Waals surface area contributed by atoms with E-state index in [1.54, 1.807) is 36.2 Å². The number of carbonyl (C=O) groups excluding carboxylic acids is 2. The van der Waals surface area contributed by atoms with Gasteiger partial charge in [0.2, 0.25) is 0 Å². The average Bonchev–Trinajstić information content (AvgIpc) is 3.71. The number of anilines is 2. The van der Waals surface area contributed by atoms with Crippen LogP contribution in [0, 0.1) is 0 Å². The van der Waals surface area contributed by atoms with Gasteiger partial charge in [-0.05, 0) is 124 Å². The Balaban J connectivity index is 1.07. The maximum atomic E-state index is 13.0. The standard InChI is InChI=1S/C37H39N5O3/c1-26(2)40(3)37(44)39-30-14-20-33(21-15-30)45-32-18-12-29(13-19-32)38-36(43)27-10-16-31(17-11-27)42-25-28(24-41-22-6-7-23-41)34-8-4-5-9-35(34)42/h4-5,8-21,25-26H,6-7,22-24H2,1-3H3,(H,38,43)(H,39,44). The highest BCUT2D eigenvalue weighted by molar-refractivity contribution is 6.04. The molecule has 0 spiro atoms. The van der Waals surface area contributed by atoms with E-state index in [9.17, 15) is 9.59 Å². The van der Waals surface area contributed by atoms with Crippen molar-refractivity contribution in [3.8, 4) is 17.2 Å². The molecule has 1 aliphatic heterocycles. The number of rotatable bonds is 9. The second kappa shape index (κ2) is 13.3. The highest BCUT2D eigenvalue weighted by Crippen LogP contribution is 2.28. The minimum absolute atomic E-state index is 0.107. The summed E-state index contributed by atoms with van der Waals surface area (Å²) in [7, 11) is 1.76. The van der Waals surface area contributed by atoms with E-state index < -0.39 is 0 Å². The zero-order valence-electron chi connectivity index (χ0n) is 26.0. The Bertz CT molecular complexity index is 1770. The number of aromatic nitrogens is 1. The molecule has 0 unspecified atom stereocenters. The molecule has 4 aromatic carbocycles. The monoisotopic (exact) mass is 601 g/mol. The fraction of sp³-hybridized carbons (Fsp3) is 0.243. The zero-order valence-corrected chi connectivity index (χ0v) is 26.0. The second-order valence-corrected chi connectivity index (χ2v) is 11.8. The molecule has 8 heteroatoms. The number of fused-ring (bicyclic) bond motifs is 1. The molecule has 230 valence electrons. The van der Waals surface area contributed by atoms with Gasteiger partial charge in [0.25, 0.3) is 5.91 Å². The van der Waals surface area contributed by atoms with Crippen molar-refractivity contribution >= 4 is 34.2 Å². The van der Waals surface area contributed by atoms with E-state index in [0.717, 1.165) is 25.3 Å². The first-order valence-electron chi connectivity index (χ1n) is 15.5. The minimum atomic E-state index is -0.178. The summed E-state index contributed by atoms with van der Waals surface area (Å²) < 4.78 is 8.17. The van der Waals surface area contributed by atoms with Crippen LogP contribution in [0.25, 0.3) is 16.6 Å². The lowest BCUT2D eigenvalue weighted by Gasteiger charge is -2.21. The largest absolute Gasteiger partial charge is 0.457 e. The lowest BCUT2D eigenvalue weighted by atomic mass is 10.1. The van der Waals surface area contributed by atoms with E-state index >= 15 is 0 Å². The number of amides is 3. The molecule has 6 rings (SSSR count). The summed E-state index contributed by atoms with van der Waals surface area (Å²) in [6.07, 6.45) is 4.78. The molecule has 5 aromatic rings. The molecule has 3 amide bonds. The summed E-state index contributed by atoms with van der Waals surface area (Å²) in [4.78, 5) is 29.4. The predicted octanol–water partition coefficient (Wildman–Crippen LogP) is 8.14. The van der Waals surface area contributed by atoms with Gasteiger partial charge in [0, 0.05) is 53.8 Å². The Hall–Kier alpha value is -5.08. The van der Waals surface area contributed by atoms with Crippen LogP contribution in [0.15, 0.2) is 103 Å². The van der Waals surface area contributed by atoms with Crippen LogP contribution < -0.4 is 15.4 Å². The average molecular weight is 602 g/mol. The smallest absolute Gasteiger partial charge is 0.321 e. The Morgan fingerprint density at radius 1 is 0.800 bits per heavy atom. The molecule has 45 heavy (non-hydrogen) atoms. The molecule has 1 saturated heterocycles. The number of nitrogens with one attached hydrogen (secondary N) is 2. The maximum absolute atomic E-state index is 13.0. The molecule has 0 aliphatic carbocycles. The first kappa shape index (κ1) is 30.0. The van der Waals surface area contributed by atoms with Gasteiger partial charge in [-0.2, -0.15) is 0 Å². The van der Waals surface area contributed by atoms with Crippen molar-refractivity contribution in [2.24, 2.45) is 0 Å². The van der Waals surface area contributed by atoms with Crippen LogP contribution in [0.2, 0.25) is 0 Å². The van der Waals surface area contributed by atoms with Crippen molar-refractivity contribution in [3.63, 3.8) is 0 Å². The Morgan fingerprint density at radius 2 is 1.40 bits per heavy atom. The molecular weight excluding hydrogens is 562 g/mol. The second-order valence-electron chi connectivity index (χ2n) is 11.8. The van der Waals surface area contributed by atoms with E-state index in [1.165, 1.54) is 29.3 Å². The number of benzene rings is 4. The number of nitrogens with zero attached hydrogens (tertiary/aromatic N) is 3. The number of urea groups is 1. The molecule has 8 nitrogen and oxygen atoms in total.